The Bertz CT molecular complexity index is 559. The van der Waals surface area contributed by atoms with Gasteiger partial charge in [-0.05, 0) is 17.7 Å². The third-order valence-corrected chi connectivity index (χ3v) is 2.30. The van der Waals surface area contributed by atoms with Gasteiger partial charge in [0.1, 0.15) is 5.76 Å². The fourth-order valence-corrected chi connectivity index (χ4v) is 1.53. The van der Waals surface area contributed by atoms with Crippen LogP contribution in [-0.4, -0.2) is 11.2 Å². The van der Waals surface area contributed by atoms with Crippen molar-refractivity contribution in [2.24, 2.45) is 0 Å². The molecule has 2 aromatic rings. The van der Waals surface area contributed by atoms with Crippen molar-refractivity contribution in [1.29, 1.82) is 0 Å². The smallest absolute Gasteiger partial charge is 0.269 e. The van der Waals surface area contributed by atoms with Gasteiger partial charge in [-0.25, -0.2) is 0 Å². The van der Waals surface area contributed by atoms with Crippen LogP contribution in [0.5, 0.6) is 0 Å². The van der Waals surface area contributed by atoms with E-state index in [0.29, 0.717) is 18.5 Å². The van der Waals surface area contributed by atoms with E-state index in [0.717, 1.165) is 5.56 Å². The highest BCUT2D eigenvalue weighted by molar-refractivity contribution is 5.70. The van der Waals surface area contributed by atoms with Crippen LogP contribution in [0.2, 0.25) is 0 Å². The Kier molecular flexibility index (Phi) is 3.00. The van der Waals surface area contributed by atoms with E-state index in [1.165, 1.54) is 12.1 Å². The number of carbonyl (C=O) groups is 1. The first-order chi connectivity index (χ1) is 8.19. The first-order valence-corrected chi connectivity index (χ1v) is 4.96. The number of nitro groups is 1. The molecule has 1 heterocycles. The molecule has 0 N–H and O–H groups in total. The van der Waals surface area contributed by atoms with Gasteiger partial charge in [-0.3, -0.25) is 14.9 Å². The van der Waals surface area contributed by atoms with Gasteiger partial charge in [-0.1, -0.05) is 12.1 Å². The molecule has 86 valence electrons. The Morgan fingerprint density at radius 2 is 2.12 bits per heavy atom. The molecule has 0 aliphatic rings. The van der Waals surface area contributed by atoms with E-state index in [1.807, 2.05) is 0 Å². The topological polar surface area (TPSA) is 73.3 Å². The minimum absolute atomic E-state index is 0.0460. The van der Waals surface area contributed by atoms with Crippen LogP contribution in [0.3, 0.4) is 0 Å². The minimum Gasteiger partial charge on any atom is -0.458 e. The first kappa shape index (κ1) is 11.1. The number of carbonyl (C=O) groups excluding carboxylic acids is 1. The highest BCUT2D eigenvalue weighted by atomic mass is 16.6. The molecule has 0 amide bonds. The number of rotatable bonds is 4. The molecule has 1 aromatic heterocycles. The average Bonchev–Trinajstić information content (AvgIpc) is 2.77. The molecule has 0 radical (unpaired) electrons. The van der Waals surface area contributed by atoms with Gasteiger partial charge >= 0.3 is 0 Å². The summed E-state index contributed by atoms with van der Waals surface area (Å²) < 4.78 is 5.20. The summed E-state index contributed by atoms with van der Waals surface area (Å²) in [5.74, 6) is 0.859. The quantitative estimate of drug-likeness (QED) is 0.460. The second-order valence-corrected chi connectivity index (χ2v) is 3.53. The predicted octanol–water partition coefficient (Wildman–Crippen LogP) is 2.59. The first-order valence-electron chi connectivity index (χ1n) is 4.96. The minimum atomic E-state index is -0.442. The van der Waals surface area contributed by atoms with E-state index in [-0.39, 0.29) is 11.4 Å². The maximum atomic E-state index is 10.6. The summed E-state index contributed by atoms with van der Waals surface area (Å²) in [6.45, 7) is 0. The van der Waals surface area contributed by atoms with Crippen molar-refractivity contribution < 1.29 is 14.1 Å². The normalized spacial score (nSPS) is 10.1. The van der Waals surface area contributed by atoms with Crippen molar-refractivity contribution in [3.63, 3.8) is 0 Å². The average molecular weight is 231 g/mol. The Labute approximate surface area is 96.8 Å². The zero-order valence-electron chi connectivity index (χ0n) is 8.83. The number of benzene rings is 1. The molecule has 0 atom stereocenters. The van der Waals surface area contributed by atoms with Crippen LogP contribution in [0.15, 0.2) is 40.8 Å². The number of hydrogen-bond donors (Lipinski definition) is 0. The SMILES string of the molecule is O=Cc1ccc(Cc2cccc([N+](=O)[O-])c2)o1. The summed E-state index contributed by atoms with van der Waals surface area (Å²) in [7, 11) is 0. The second-order valence-electron chi connectivity index (χ2n) is 3.53. The van der Waals surface area contributed by atoms with E-state index < -0.39 is 4.92 Å². The summed E-state index contributed by atoms with van der Waals surface area (Å²) in [5, 5.41) is 10.6. The highest BCUT2D eigenvalue weighted by Crippen LogP contribution is 2.17. The molecule has 17 heavy (non-hydrogen) atoms. The van der Waals surface area contributed by atoms with E-state index >= 15 is 0 Å². The van der Waals surface area contributed by atoms with Crippen molar-refractivity contribution in [1.82, 2.24) is 0 Å². The fourth-order valence-electron chi connectivity index (χ4n) is 1.53. The van der Waals surface area contributed by atoms with E-state index in [4.69, 9.17) is 4.42 Å². The van der Waals surface area contributed by atoms with Crippen molar-refractivity contribution in [3.05, 3.63) is 63.6 Å². The van der Waals surface area contributed by atoms with Crippen molar-refractivity contribution in [2.75, 3.05) is 0 Å². The summed E-state index contributed by atoms with van der Waals surface area (Å²) >= 11 is 0. The zero-order chi connectivity index (χ0) is 12.3. The van der Waals surface area contributed by atoms with Gasteiger partial charge in [-0.15, -0.1) is 0 Å². The molecule has 0 aliphatic heterocycles. The lowest BCUT2D eigenvalue weighted by Gasteiger charge is -1.98. The summed E-state index contributed by atoms with van der Waals surface area (Å²) in [5.41, 5.74) is 0.815. The van der Waals surface area contributed by atoms with Crippen LogP contribution in [-0.2, 0) is 6.42 Å². The van der Waals surface area contributed by atoms with E-state index in [9.17, 15) is 14.9 Å². The number of non-ortho nitro benzene ring substituents is 1. The maximum absolute atomic E-state index is 10.6. The zero-order valence-corrected chi connectivity index (χ0v) is 8.83. The van der Waals surface area contributed by atoms with Gasteiger partial charge in [0.15, 0.2) is 12.0 Å². The molecule has 1 aromatic carbocycles. The van der Waals surface area contributed by atoms with Gasteiger partial charge in [-0.2, -0.15) is 0 Å². The Morgan fingerprint density at radius 1 is 1.29 bits per heavy atom. The van der Waals surface area contributed by atoms with E-state index in [2.05, 4.69) is 0 Å². The largest absolute Gasteiger partial charge is 0.458 e. The lowest BCUT2D eigenvalue weighted by molar-refractivity contribution is -0.384. The number of nitro benzene ring substituents is 1. The summed E-state index contributed by atoms with van der Waals surface area (Å²) in [4.78, 5) is 20.6. The molecule has 0 saturated heterocycles. The Balaban J connectivity index is 2.20. The second kappa shape index (κ2) is 4.61. The van der Waals surface area contributed by atoms with Crippen LogP contribution >= 0.6 is 0 Å². The predicted molar refractivity (Wildman–Crippen MR) is 60.0 cm³/mol. The standard InChI is InChI=1S/C12H9NO4/c14-8-12-5-4-11(17-12)7-9-2-1-3-10(6-9)13(15)16/h1-6,8H,7H2. The number of nitrogens with zero attached hydrogens (tertiary/aromatic N) is 1. The molecule has 0 bridgehead atoms. The van der Waals surface area contributed by atoms with Crippen molar-refractivity contribution in [2.45, 2.75) is 6.42 Å². The molecular formula is C12H9NO4. The number of aldehydes is 1. The van der Waals surface area contributed by atoms with Crippen molar-refractivity contribution >= 4 is 12.0 Å². The van der Waals surface area contributed by atoms with Crippen LogP contribution < -0.4 is 0 Å². The molecule has 0 unspecified atom stereocenters. The number of furan rings is 1. The Hall–Kier alpha value is -2.43. The molecule has 0 fully saturated rings. The summed E-state index contributed by atoms with van der Waals surface area (Å²) in [6.07, 6.45) is 1.05. The van der Waals surface area contributed by atoms with Crippen LogP contribution in [0, 0.1) is 10.1 Å². The molecule has 0 aliphatic carbocycles. The van der Waals surface area contributed by atoms with Gasteiger partial charge in [0.05, 0.1) is 4.92 Å². The number of hydrogen-bond acceptors (Lipinski definition) is 4. The highest BCUT2D eigenvalue weighted by Gasteiger charge is 2.07. The van der Waals surface area contributed by atoms with Crippen molar-refractivity contribution in [3.8, 4) is 0 Å². The third-order valence-electron chi connectivity index (χ3n) is 2.30. The van der Waals surface area contributed by atoms with Gasteiger partial charge in [0.25, 0.3) is 5.69 Å². The molecule has 0 spiro atoms. The van der Waals surface area contributed by atoms with Gasteiger partial charge < -0.3 is 4.42 Å². The summed E-state index contributed by atoms with van der Waals surface area (Å²) in [6, 6.07) is 9.57. The molecule has 5 heteroatoms. The van der Waals surface area contributed by atoms with E-state index in [1.54, 1.807) is 24.3 Å². The molecule has 0 saturated carbocycles. The van der Waals surface area contributed by atoms with Gasteiger partial charge in [0, 0.05) is 18.6 Å². The molecule has 2 rings (SSSR count). The van der Waals surface area contributed by atoms with Crippen LogP contribution in [0.4, 0.5) is 5.69 Å². The lowest BCUT2D eigenvalue weighted by Crippen LogP contribution is -1.91. The molecule has 5 nitrogen and oxygen atoms in total. The van der Waals surface area contributed by atoms with Crippen LogP contribution in [0.1, 0.15) is 21.9 Å². The maximum Gasteiger partial charge on any atom is 0.269 e. The third kappa shape index (κ3) is 2.57. The fraction of sp³-hybridized carbons (Fsp3) is 0.0833. The van der Waals surface area contributed by atoms with Gasteiger partial charge in [0.2, 0.25) is 0 Å². The lowest BCUT2D eigenvalue weighted by atomic mass is 10.1. The Morgan fingerprint density at radius 3 is 2.76 bits per heavy atom. The monoisotopic (exact) mass is 231 g/mol. The van der Waals surface area contributed by atoms with Crippen LogP contribution in [0.25, 0.3) is 0 Å². The molecular weight excluding hydrogens is 222 g/mol.